The Morgan fingerprint density at radius 2 is 1.63 bits per heavy atom. The molecule has 0 bridgehead atoms. The van der Waals surface area contributed by atoms with Crippen LogP contribution >= 0.6 is 0 Å². The van der Waals surface area contributed by atoms with Crippen molar-refractivity contribution in [2.45, 2.75) is 26.7 Å². The number of rotatable bonds is 3. The quantitative estimate of drug-likeness (QED) is 0.838. The average Bonchev–Trinajstić information content (AvgIpc) is 3.25. The maximum Gasteiger partial charge on any atom is 0.272 e. The standard InChI is InChI=1S/C22H28N4O/c1-17-6-5-7-21(18(17)2)25-12-14-26(15-13-25)22(27)20-9-8-19(16-23-20)24-10-3-4-11-24/h5-9,16H,3-4,10-15H2,1-2H3. The van der Waals surface area contributed by atoms with E-state index in [1.54, 1.807) is 0 Å². The lowest BCUT2D eigenvalue weighted by Gasteiger charge is -2.37. The zero-order valence-electron chi connectivity index (χ0n) is 16.3. The Kier molecular flexibility index (Phi) is 5.01. The molecule has 2 aliphatic rings. The SMILES string of the molecule is Cc1cccc(N2CCN(C(=O)c3ccc(N4CCCC4)cn3)CC2)c1C. The highest BCUT2D eigenvalue weighted by molar-refractivity contribution is 5.92. The van der Waals surface area contributed by atoms with Gasteiger partial charge in [0.15, 0.2) is 0 Å². The highest BCUT2D eigenvalue weighted by Gasteiger charge is 2.24. The fraction of sp³-hybridized carbons (Fsp3) is 0.455. The third kappa shape index (κ3) is 3.64. The van der Waals surface area contributed by atoms with Crippen LogP contribution in [-0.4, -0.2) is 55.1 Å². The highest BCUT2D eigenvalue weighted by Crippen LogP contribution is 2.24. The van der Waals surface area contributed by atoms with E-state index in [2.05, 4.69) is 46.8 Å². The van der Waals surface area contributed by atoms with E-state index in [1.807, 2.05) is 23.2 Å². The van der Waals surface area contributed by atoms with E-state index in [4.69, 9.17) is 0 Å². The number of piperazine rings is 1. The zero-order chi connectivity index (χ0) is 18.8. The normalized spacial score (nSPS) is 17.5. The van der Waals surface area contributed by atoms with Crippen molar-refractivity contribution in [3.05, 3.63) is 53.3 Å². The van der Waals surface area contributed by atoms with Crippen LogP contribution in [0.3, 0.4) is 0 Å². The van der Waals surface area contributed by atoms with Gasteiger partial charge in [0.1, 0.15) is 5.69 Å². The molecule has 1 aromatic carbocycles. The minimum Gasteiger partial charge on any atom is -0.370 e. The number of anilines is 2. The van der Waals surface area contributed by atoms with E-state index < -0.39 is 0 Å². The summed E-state index contributed by atoms with van der Waals surface area (Å²) in [6.45, 7) is 9.71. The predicted molar refractivity (Wildman–Crippen MR) is 110 cm³/mol. The molecule has 0 atom stereocenters. The average molecular weight is 364 g/mol. The van der Waals surface area contributed by atoms with Crippen molar-refractivity contribution in [2.24, 2.45) is 0 Å². The van der Waals surface area contributed by atoms with Crippen molar-refractivity contribution in [1.29, 1.82) is 0 Å². The molecule has 2 saturated heterocycles. The van der Waals surface area contributed by atoms with Gasteiger partial charge in [-0.05, 0) is 56.0 Å². The van der Waals surface area contributed by atoms with Crippen molar-refractivity contribution in [3.8, 4) is 0 Å². The molecule has 2 aliphatic heterocycles. The second kappa shape index (κ2) is 7.59. The number of benzene rings is 1. The second-order valence-corrected chi connectivity index (χ2v) is 7.59. The fourth-order valence-electron chi connectivity index (χ4n) is 4.07. The zero-order valence-corrected chi connectivity index (χ0v) is 16.3. The Bertz CT molecular complexity index is 804. The van der Waals surface area contributed by atoms with E-state index in [0.29, 0.717) is 5.69 Å². The van der Waals surface area contributed by atoms with Crippen molar-refractivity contribution in [2.75, 3.05) is 49.1 Å². The Morgan fingerprint density at radius 3 is 2.30 bits per heavy atom. The van der Waals surface area contributed by atoms with E-state index in [0.717, 1.165) is 45.0 Å². The first-order valence-corrected chi connectivity index (χ1v) is 9.95. The summed E-state index contributed by atoms with van der Waals surface area (Å²) in [5.41, 5.74) is 5.61. The monoisotopic (exact) mass is 364 g/mol. The van der Waals surface area contributed by atoms with Crippen LogP contribution in [0, 0.1) is 13.8 Å². The summed E-state index contributed by atoms with van der Waals surface area (Å²) in [4.78, 5) is 23.9. The van der Waals surface area contributed by atoms with Crippen LogP contribution < -0.4 is 9.80 Å². The summed E-state index contributed by atoms with van der Waals surface area (Å²) in [6.07, 6.45) is 4.33. The number of carbonyl (C=O) groups excluding carboxylic acids is 1. The molecule has 0 N–H and O–H groups in total. The number of amides is 1. The molecule has 2 aromatic rings. The van der Waals surface area contributed by atoms with Crippen LogP contribution in [0.15, 0.2) is 36.5 Å². The lowest BCUT2D eigenvalue weighted by atomic mass is 10.1. The molecule has 0 radical (unpaired) electrons. The Hall–Kier alpha value is -2.56. The summed E-state index contributed by atoms with van der Waals surface area (Å²) < 4.78 is 0. The Morgan fingerprint density at radius 1 is 0.889 bits per heavy atom. The van der Waals surface area contributed by atoms with Gasteiger partial charge in [0, 0.05) is 45.0 Å². The molecule has 1 amide bonds. The van der Waals surface area contributed by atoms with Crippen LogP contribution in [0.2, 0.25) is 0 Å². The molecule has 0 saturated carbocycles. The third-order valence-corrected chi connectivity index (χ3v) is 5.92. The molecule has 0 spiro atoms. The predicted octanol–water partition coefficient (Wildman–Crippen LogP) is 3.26. The van der Waals surface area contributed by atoms with Crippen molar-refractivity contribution < 1.29 is 4.79 Å². The fourth-order valence-corrected chi connectivity index (χ4v) is 4.07. The molecule has 5 heteroatoms. The van der Waals surface area contributed by atoms with Crippen LogP contribution in [0.1, 0.15) is 34.5 Å². The lowest BCUT2D eigenvalue weighted by molar-refractivity contribution is 0.0741. The number of aromatic nitrogens is 1. The van der Waals surface area contributed by atoms with Crippen molar-refractivity contribution >= 4 is 17.3 Å². The third-order valence-electron chi connectivity index (χ3n) is 5.92. The summed E-state index contributed by atoms with van der Waals surface area (Å²) in [6, 6.07) is 10.4. The van der Waals surface area contributed by atoms with Gasteiger partial charge in [0.05, 0.1) is 11.9 Å². The van der Waals surface area contributed by atoms with E-state index in [1.165, 1.54) is 29.7 Å². The van der Waals surface area contributed by atoms with E-state index in [-0.39, 0.29) is 5.91 Å². The van der Waals surface area contributed by atoms with Gasteiger partial charge in [0.25, 0.3) is 5.91 Å². The second-order valence-electron chi connectivity index (χ2n) is 7.59. The van der Waals surface area contributed by atoms with Gasteiger partial charge >= 0.3 is 0 Å². The molecule has 3 heterocycles. The summed E-state index contributed by atoms with van der Waals surface area (Å²) >= 11 is 0. The number of pyridine rings is 1. The number of aryl methyl sites for hydroxylation is 1. The largest absolute Gasteiger partial charge is 0.370 e. The molecule has 1 aromatic heterocycles. The first-order chi connectivity index (χ1) is 13.1. The molecule has 0 unspecified atom stereocenters. The van der Waals surface area contributed by atoms with E-state index in [9.17, 15) is 4.79 Å². The van der Waals surface area contributed by atoms with E-state index >= 15 is 0 Å². The molecular formula is C22H28N4O. The van der Waals surface area contributed by atoms with Crippen LogP contribution in [0.5, 0.6) is 0 Å². The molecule has 4 rings (SSSR count). The minimum atomic E-state index is 0.0450. The maximum absolute atomic E-state index is 12.8. The van der Waals surface area contributed by atoms with Crippen molar-refractivity contribution in [1.82, 2.24) is 9.88 Å². The van der Waals surface area contributed by atoms with Gasteiger partial charge in [-0.3, -0.25) is 4.79 Å². The van der Waals surface area contributed by atoms with Gasteiger partial charge in [-0.2, -0.15) is 0 Å². The number of nitrogens with zero attached hydrogens (tertiary/aromatic N) is 4. The van der Waals surface area contributed by atoms with Gasteiger partial charge in [0.2, 0.25) is 0 Å². The number of hydrogen-bond acceptors (Lipinski definition) is 4. The van der Waals surface area contributed by atoms with Crippen LogP contribution in [0.25, 0.3) is 0 Å². The van der Waals surface area contributed by atoms with Gasteiger partial charge < -0.3 is 14.7 Å². The van der Waals surface area contributed by atoms with Crippen LogP contribution in [-0.2, 0) is 0 Å². The topological polar surface area (TPSA) is 39.7 Å². The minimum absolute atomic E-state index is 0.0450. The maximum atomic E-state index is 12.8. The summed E-state index contributed by atoms with van der Waals surface area (Å²) in [7, 11) is 0. The summed E-state index contributed by atoms with van der Waals surface area (Å²) in [5.74, 6) is 0.0450. The Balaban J connectivity index is 1.39. The van der Waals surface area contributed by atoms with Gasteiger partial charge in [-0.25, -0.2) is 4.98 Å². The number of hydrogen-bond donors (Lipinski definition) is 0. The molecule has 2 fully saturated rings. The first kappa shape index (κ1) is 17.8. The summed E-state index contributed by atoms with van der Waals surface area (Å²) in [5, 5.41) is 0. The molecule has 27 heavy (non-hydrogen) atoms. The lowest BCUT2D eigenvalue weighted by Crippen LogP contribution is -2.49. The van der Waals surface area contributed by atoms with Crippen molar-refractivity contribution in [3.63, 3.8) is 0 Å². The van der Waals surface area contributed by atoms with Crippen LogP contribution in [0.4, 0.5) is 11.4 Å². The number of carbonyl (C=O) groups is 1. The molecule has 0 aliphatic carbocycles. The molecular weight excluding hydrogens is 336 g/mol. The van der Waals surface area contributed by atoms with Gasteiger partial charge in [-0.15, -0.1) is 0 Å². The first-order valence-electron chi connectivity index (χ1n) is 9.95. The smallest absolute Gasteiger partial charge is 0.272 e. The highest BCUT2D eigenvalue weighted by atomic mass is 16.2. The Labute approximate surface area is 161 Å². The molecule has 142 valence electrons. The van der Waals surface area contributed by atoms with Gasteiger partial charge in [-0.1, -0.05) is 12.1 Å². The molecule has 5 nitrogen and oxygen atoms in total.